The topological polar surface area (TPSA) is 43.4 Å². The van der Waals surface area contributed by atoms with E-state index in [4.69, 9.17) is 4.74 Å². The zero-order valence-electron chi connectivity index (χ0n) is 15.9. The second-order valence-corrected chi connectivity index (χ2v) is 7.81. The van der Waals surface area contributed by atoms with Crippen molar-refractivity contribution >= 4 is 11.6 Å². The molecule has 0 amide bonds. The molecule has 0 saturated heterocycles. The van der Waals surface area contributed by atoms with Gasteiger partial charge in [0, 0.05) is 22.3 Å². The number of rotatable bonds is 6. The highest BCUT2D eigenvalue weighted by molar-refractivity contribution is 6.28. The van der Waals surface area contributed by atoms with Gasteiger partial charge in [0.15, 0.2) is 11.6 Å². The molecule has 1 aliphatic carbocycles. The van der Waals surface area contributed by atoms with E-state index in [1.807, 2.05) is 12.1 Å². The number of carbonyl (C=O) groups is 2. The third-order valence-corrected chi connectivity index (χ3v) is 4.90. The summed E-state index contributed by atoms with van der Waals surface area (Å²) in [6, 6.07) is 12.5. The monoisotopic (exact) mass is 350 g/mol. The van der Waals surface area contributed by atoms with Crippen LogP contribution in [0.2, 0.25) is 0 Å². The van der Waals surface area contributed by atoms with Crippen LogP contribution in [-0.2, 0) is 11.3 Å². The number of hydrogen-bond acceptors (Lipinski definition) is 3. The SMILES string of the molecule is CC(C)CC(OCc1ccc2c(c1)C(=O)c1ccccc1C2=O)C(C)C. The molecule has 0 heterocycles. The van der Waals surface area contributed by atoms with Crippen LogP contribution in [0.4, 0.5) is 0 Å². The maximum Gasteiger partial charge on any atom is 0.194 e. The van der Waals surface area contributed by atoms with E-state index in [-0.39, 0.29) is 17.7 Å². The van der Waals surface area contributed by atoms with Crippen LogP contribution in [0.25, 0.3) is 0 Å². The van der Waals surface area contributed by atoms with E-state index in [0.717, 1.165) is 12.0 Å². The molecule has 0 saturated carbocycles. The molecule has 3 nitrogen and oxygen atoms in total. The first-order valence-corrected chi connectivity index (χ1v) is 9.31. The van der Waals surface area contributed by atoms with Crippen molar-refractivity contribution < 1.29 is 14.3 Å². The molecule has 3 heteroatoms. The number of ether oxygens (including phenoxy) is 1. The summed E-state index contributed by atoms with van der Waals surface area (Å²) in [7, 11) is 0. The smallest absolute Gasteiger partial charge is 0.194 e. The Balaban J connectivity index is 1.83. The van der Waals surface area contributed by atoms with Gasteiger partial charge in [0.1, 0.15) is 0 Å². The minimum Gasteiger partial charge on any atom is -0.373 e. The van der Waals surface area contributed by atoms with E-state index >= 15 is 0 Å². The third-order valence-electron chi connectivity index (χ3n) is 4.90. The molecule has 0 bridgehead atoms. The number of fused-ring (bicyclic) bond motifs is 2. The third kappa shape index (κ3) is 3.63. The Kier molecular flexibility index (Phi) is 5.38. The summed E-state index contributed by atoms with van der Waals surface area (Å²) in [5, 5.41) is 0. The number of benzene rings is 2. The standard InChI is InChI=1S/C23H26O3/c1-14(2)11-21(15(3)4)26-13-16-9-10-19-20(12-16)23(25)18-8-6-5-7-17(18)22(19)24/h5-10,12,14-15,21H,11,13H2,1-4H3. The van der Waals surface area contributed by atoms with Gasteiger partial charge in [-0.3, -0.25) is 9.59 Å². The van der Waals surface area contributed by atoms with Crippen LogP contribution >= 0.6 is 0 Å². The minimum atomic E-state index is -0.0837. The fourth-order valence-electron chi connectivity index (χ4n) is 3.44. The molecule has 0 N–H and O–H groups in total. The molecule has 136 valence electrons. The average Bonchev–Trinajstić information content (AvgIpc) is 2.62. The molecule has 26 heavy (non-hydrogen) atoms. The first kappa shape index (κ1) is 18.5. The van der Waals surface area contributed by atoms with Crippen molar-refractivity contribution in [1.82, 2.24) is 0 Å². The lowest BCUT2D eigenvalue weighted by Gasteiger charge is -2.24. The van der Waals surface area contributed by atoms with Gasteiger partial charge in [-0.05, 0) is 36.0 Å². The quantitative estimate of drug-likeness (QED) is 0.625. The summed E-state index contributed by atoms with van der Waals surface area (Å²) in [4.78, 5) is 25.5. The van der Waals surface area contributed by atoms with Gasteiger partial charge in [0.2, 0.25) is 0 Å². The molecule has 1 unspecified atom stereocenters. The van der Waals surface area contributed by atoms with E-state index in [1.165, 1.54) is 0 Å². The Morgan fingerprint density at radius 2 is 1.38 bits per heavy atom. The summed E-state index contributed by atoms with van der Waals surface area (Å²) in [5.74, 6) is 0.842. The van der Waals surface area contributed by atoms with Gasteiger partial charge in [-0.2, -0.15) is 0 Å². The Morgan fingerprint density at radius 3 is 1.96 bits per heavy atom. The summed E-state index contributed by atoms with van der Waals surface area (Å²) in [6.07, 6.45) is 1.19. The molecule has 0 spiro atoms. The highest BCUT2D eigenvalue weighted by atomic mass is 16.5. The lowest BCUT2D eigenvalue weighted by molar-refractivity contribution is -0.00215. The van der Waals surface area contributed by atoms with Gasteiger partial charge >= 0.3 is 0 Å². The molecular weight excluding hydrogens is 324 g/mol. The lowest BCUT2D eigenvalue weighted by atomic mass is 9.83. The van der Waals surface area contributed by atoms with Gasteiger partial charge in [-0.15, -0.1) is 0 Å². The van der Waals surface area contributed by atoms with Crippen molar-refractivity contribution in [2.45, 2.75) is 46.8 Å². The van der Waals surface area contributed by atoms with Gasteiger partial charge < -0.3 is 4.74 Å². The lowest BCUT2D eigenvalue weighted by Crippen LogP contribution is -2.23. The minimum absolute atomic E-state index is 0.0810. The van der Waals surface area contributed by atoms with E-state index < -0.39 is 0 Å². The summed E-state index contributed by atoms with van der Waals surface area (Å²) < 4.78 is 6.13. The predicted molar refractivity (Wildman–Crippen MR) is 103 cm³/mol. The predicted octanol–water partition coefficient (Wildman–Crippen LogP) is 5.05. The van der Waals surface area contributed by atoms with E-state index in [2.05, 4.69) is 27.7 Å². The summed E-state index contributed by atoms with van der Waals surface area (Å²) >= 11 is 0. The zero-order valence-corrected chi connectivity index (χ0v) is 15.9. The Labute approximate surface area is 155 Å². The molecule has 0 aliphatic heterocycles. The fourth-order valence-corrected chi connectivity index (χ4v) is 3.44. The van der Waals surface area contributed by atoms with Crippen LogP contribution in [0.3, 0.4) is 0 Å². The van der Waals surface area contributed by atoms with Gasteiger partial charge in [-0.1, -0.05) is 58.0 Å². The Bertz CT molecular complexity index is 833. The molecule has 2 aromatic carbocycles. The van der Waals surface area contributed by atoms with Crippen LogP contribution < -0.4 is 0 Å². The van der Waals surface area contributed by atoms with E-state index in [9.17, 15) is 9.59 Å². The summed E-state index contributed by atoms with van der Waals surface area (Å²) in [5.41, 5.74) is 2.88. The molecule has 0 aromatic heterocycles. The highest BCUT2D eigenvalue weighted by Gasteiger charge is 2.29. The molecule has 3 rings (SSSR count). The van der Waals surface area contributed by atoms with Crippen LogP contribution in [-0.4, -0.2) is 17.7 Å². The van der Waals surface area contributed by atoms with Crippen molar-refractivity contribution in [2.24, 2.45) is 11.8 Å². The Hall–Kier alpha value is -2.26. The average molecular weight is 350 g/mol. The number of hydrogen-bond donors (Lipinski definition) is 0. The van der Waals surface area contributed by atoms with Crippen LogP contribution in [0.5, 0.6) is 0 Å². The largest absolute Gasteiger partial charge is 0.373 e. The maximum atomic E-state index is 12.8. The van der Waals surface area contributed by atoms with E-state index in [1.54, 1.807) is 30.3 Å². The molecule has 0 radical (unpaired) electrons. The van der Waals surface area contributed by atoms with Gasteiger partial charge in [0.05, 0.1) is 12.7 Å². The normalized spacial score (nSPS) is 14.5. The van der Waals surface area contributed by atoms with Crippen molar-refractivity contribution in [1.29, 1.82) is 0 Å². The van der Waals surface area contributed by atoms with Crippen molar-refractivity contribution in [2.75, 3.05) is 0 Å². The van der Waals surface area contributed by atoms with Crippen molar-refractivity contribution in [3.05, 3.63) is 70.3 Å². The molecule has 0 fully saturated rings. The Morgan fingerprint density at radius 1 is 0.808 bits per heavy atom. The fraction of sp³-hybridized carbons (Fsp3) is 0.391. The number of carbonyl (C=O) groups excluding carboxylic acids is 2. The summed E-state index contributed by atoms with van der Waals surface area (Å²) in [6.45, 7) is 9.17. The zero-order chi connectivity index (χ0) is 18.8. The first-order chi connectivity index (χ1) is 12.4. The van der Waals surface area contributed by atoms with Crippen LogP contribution in [0.15, 0.2) is 42.5 Å². The van der Waals surface area contributed by atoms with Crippen molar-refractivity contribution in [3.8, 4) is 0 Å². The van der Waals surface area contributed by atoms with Gasteiger partial charge in [-0.25, -0.2) is 0 Å². The second-order valence-electron chi connectivity index (χ2n) is 7.81. The molecular formula is C23H26O3. The first-order valence-electron chi connectivity index (χ1n) is 9.31. The van der Waals surface area contributed by atoms with Gasteiger partial charge in [0.25, 0.3) is 0 Å². The van der Waals surface area contributed by atoms with Crippen molar-refractivity contribution in [3.63, 3.8) is 0 Å². The molecule has 1 aliphatic rings. The molecule has 1 atom stereocenters. The van der Waals surface area contributed by atoms with Crippen LogP contribution in [0, 0.1) is 11.8 Å². The van der Waals surface area contributed by atoms with Crippen LogP contribution in [0.1, 0.15) is 71.5 Å². The maximum absolute atomic E-state index is 12.8. The highest BCUT2D eigenvalue weighted by Crippen LogP contribution is 2.28. The van der Waals surface area contributed by atoms with E-state index in [0.29, 0.717) is 40.7 Å². The number of ketones is 2. The second kappa shape index (κ2) is 7.55. The molecule has 2 aromatic rings.